The molecular weight excluding hydrogens is 256 g/mol. The molecule has 0 bridgehead atoms. The number of nitrogens with one attached hydrogen (secondary N) is 1. The Bertz CT molecular complexity index is 355. The smallest absolute Gasteiger partial charge is 0.326 e. The molecule has 0 radical (unpaired) electrons. The van der Waals surface area contributed by atoms with Crippen LogP contribution in [0.3, 0.4) is 0 Å². The number of likely N-dealkylation sites (tertiary alicyclic amines) is 1. The quantitative estimate of drug-likeness (QED) is 0.467. The maximum Gasteiger partial charge on any atom is 0.326 e. The molecule has 6 nitrogen and oxygen atoms in total. The molecule has 0 spiro atoms. The van der Waals surface area contributed by atoms with E-state index in [1.54, 1.807) is 0 Å². The van der Waals surface area contributed by atoms with Gasteiger partial charge in [-0.2, -0.15) is 0 Å². The van der Waals surface area contributed by atoms with Crippen molar-refractivity contribution in [2.75, 3.05) is 24.6 Å². The molecule has 0 saturated carbocycles. The number of terminal acetylenes is 1. The Hall–Kier alpha value is -1.39. The molecule has 2 atom stereocenters. The van der Waals surface area contributed by atoms with Crippen LogP contribution in [0, 0.1) is 12.3 Å². The molecule has 3 N–H and O–H groups in total. The average Bonchev–Trinajstić information content (AvgIpc) is 2.71. The van der Waals surface area contributed by atoms with E-state index in [2.05, 4.69) is 11.2 Å². The molecular formula is C11H16N2O4S. The van der Waals surface area contributed by atoms with Gasteiger partial charge in [-0.15, -0.1) is 18.2 Å². The van der Waals surface area contributed by atoms with Gasteiger partial charge in [0.05, 0.1) is 11.9 Å². The normalized spacial score (nSPS) is 22.6. The topological polar surface area (TPSA) is 89.9 Å². The largest absolute Gasteiger partial charge is 0.480 e. The number of urea groups is 1. The highest BCUT2D eigenvalue weighted by atomic mass is 32.2. The predicted molar refractivity (Wildman–Crippen MR) is 68.3 cm³/mol. The Kier molecular flexibility index (Phi) is 5.82. The number of nitrogens with zero attached hydrogens (tertiary/aromatic N) is 1. The van der Waals surface area contributed by atoms with Crippen molar-refractivity contribution in [3.63, 3.8) is 0 Å². The van der Waals surface area contributed by atoms with Crippen LogP contribution in [0.25, 0.3) is 0 Å². The number of amides is 2. The first-order chi connectivity index (χ1) is 8.56. The second-order valence-corrected chi connectivity index (χ2v) is 4.99. The molecule has 2 amide bonds. The van der Waals surface area contributed by atoms with E-state index in [9.17, 15) is 14.7 Å². The van der Waals surface area contributed by atoms with Crippen molar-refractivity contribution in [3.8, 4) is 12.3 Å². The van der Waals surface area contributed by atoms with Crippen molar-refractivity contribution in [2.24, 2.45) is 0 Å². The molecule has 1 heterocycles. The van der Waals surface area contributed by atoms with Crippen LogP contribution >= 0.6 is 11.8 Å². The Labute approximate surface area is 110 Å². The molecule has 0 aromatic rings. The maximum absolute atomic E-state index is 11.7. The van der Waals surface area contributed by atoms with Crippen molar-refractivity contribution in [2.45, 2.75) is 18.6 Å². The van der Waals surface area contributed by atoms with E-state index in [-0.39, 0.29) is 13.0 Å². The molecule has 1 aliphatic rings. The highest BCUT2D eigenvalue weighted by molar-refractivity contribution is 7.99. The van der Waals surface area contributed by atoms with Gasteiger partial charge in [-0.05, 0) is 0 Å². The summed E-state index contributed by atoms with van der Waals surface area (Å²) in [5, 5.41) is 20.9. The Morgan fingerprint density at radius 3 is 2.89 bits per heavy atom. The number of aliphatic hydroxyl groups is 1. The van der Waals surface area contributed by atoms with Crippen LogP contribution in [0.1, 0.15) is 6.42 Å². The molecule has 0 aromatic heterocycles. The van der Waals surface area contributed by atoms with Crippen LogP contribution in [-0.4, -0.2) is 63.9 Å². The van der Waals surface area contributed by atoms with Gasteiger partial charge in [0.1, 0.15) is 6.04 Å². The number of hydrogen-bond acceptors (Lipinski definition) is 4. The first kappa shape index (κ1) is 14.7. The molecule has 0 aliphatic carbocycles. The summed E-state index contributed by atoms with van der Waals surface area (Å²) in [5.41, 5.74) is 0. The molecule has 1 aliphatic heterocycles. The van der Waals surface area contributed by atoms with Crippen LogP contribution in [0.4, 0.5) is 4.79 Å². The van der Waals surface area contributed by atoms with E-state index in [1.165, 1.54) is 11.8 Å². The Morgan fingerprint density at radius 1 is 1.56 bits per heavy atom. The van der Waals surface area contributed by atoms with Gasteiger partial charge in [0, 0.05) is 25.3 Å². The van der Waals surface area contributed by atoms with Crippen LogP contribution in [0.2, 0.25) is 0 Å². The Morgan fingerprint density at radius 2 is 2.28 bits per heavy atom. The zero-order valence-corrected chi connectivity index (χ0v) is 10.7. The van der Waals surface area contributed by atoms with Gasteiger partial charge in [-0.1, -0.05) is 5.92 Å². The SMILES string of the molecule is C#CCSCCNC(=O)N1C[C@H](O)C[C@@H]1C(=O)O. The lowest BCUT2D eigenvalue weighted by molar-refractivity contribution is -0.141. The van der Waals surface area contributed by atoms with E-state index in [4.69, 9.17) is 11.5 Å². The minimum absolute atomic E-state index is 0.0559. The first-order valence-electron chi connectivity index (χ1n) is 5.52. The fraction of sp³-hybridized carbons (Fsp3) is 0.636. The molecule has 1 fully saturated rings. The van der Waals surface area contributed by atoms with Crippen molar-refractivity contribution in [3.05, 3.63) is 0 Å². The van der Waals surface area contributed by atoms with Crippen LogP contribution in [0.5, 0.6) is 0 Å². The predicted octanol–water partition coefficient (Wildman–Crippen LogP) is -0.418. The molecule has 1 rings (SSSR count). The number of carboxylic acid groups (broad SMARTS) is 1. The van der Waals surface area contributed by atoms with E-state index >= 15 is 0 Å². The third kappa shape index (κ3) is 4.13. The number of β-amino-alcohol motifs (C(OH)–C–C–N with tert-alkyl or cyclic N) is 1. The fourth-order valence-corrected chi connectivity index (χ4v) is 2.24. The maximum atomic E-state index is 11.7. The summed E-state index contributed by atoms with van der Waals surface area (Å²) in [7, 11) is 0. The molecule has 0 aromatic carbocycles. The van der Waals surface area contributed by atoms with Gasteiger partial charge in [0.2, 0.25) is 0 Å². The summed E-state index contributed by atoms with van der Waals surface area (Å²) in [4.78, 5) is 23.8. The summed E-state index contributed by atoms with van der Waals surface area (Å²) in [5.74, 6) is 2.62. The Balaban J connectivity index is 2.36. The van der Waals surface area contributed by atoms with Gasteiger partial charge in [0.15, 0.2) is 0 Å². The lowest BCUT2D eigenvalue weighted by Crippen LogP contribution is -2.46. The van der Waals surface area contributed by atoms with Gasteiger partial charge < -0.3 is 20.4 Å². The summed E-state index contributed by atoms with van der Waals surface area (Å²) >= 11 is 1.51. The van der Waals surface area contributed by atoms with Crippen molar-refractivity contribution < 1.29 is 19.8 Å². The number of carbonyl (C=O) groups is 2. The lowest BCUT2D eigenvalue weighted by Gasteiger charge is -2.21. The van der Waals surface area contributed by atoms with Crippen molar-refractivity contribution >= 4 is 23.8 Å². The second-order valence-electron chi connectivity index (χ2n) is 3.88. The number of thioether (sulfide) groups is 1. The van der Waals surface area contributed by atoms with E-state index in [1.807, 2.05) is 0 Å². The van der Waals surface area contributed by atoms with Crippen LogP contribution in [-0.2, 0) is 4.79 Å². The standard InChI is InChI=1S/C11H16N2O4S/c1-2-4-18-5-3-12-11(17)13-7-8(14)6-9(13)10(15)16/h1,8-9,14H,3-7H2,(H,12,17)(H,15,16)/t8-,9-/m1/s1. The zero-order chi connectivity index (χ0) is 13.5. The highest BCUT2D eigenvalue weighted by Gasteiger charge is 2.38. The minimum Gasteiger partial charge on any atom is -0.480 e. The van der Waals surface area contributed by atoms with E-state index in [0.29, 0.717) is 18.1 Å². The van der Waals surface area contributed by atoms with Crippen LogP contribution < -0.4 is 5.32 Å². The number of hydrogen-bond donors (Lipinski definition) is 3. The van der Waals surface area contributed by atoms with Crippen LogP contribution in [0.15, 0.2) is 0 Å². The highest BCUT2D eigenvalue weighted by Crippen LogP contribution is 2.17. The summed E-state index contributed by atoms with van der Waals surface area (Å²) < 4.78 is 0. The lowest BCUT2D eigenvalue weighted by atomic mass is 10.2. The van der Waals surface area contributed by atoms with Gasteiger partial charge in [0.25, 0.3) is 0 Å². The third-order valence-corrected chi connectivity index (χ3v) is 3.40. The number of aliphatic hydroxyl groups excluding tert-OH is 1. The second kappa shape index (κ2) is 7.13. The molecule has 0 unspecified atom stereocenters. The number of rotatable bonds is 5. The zero-order valence-electron chi connectivity index (χ0n) is 9.83. The summed E-state index contributed by atoms with van der Waals surface area (Å²) in [6, 6.07) is -1.40. The summed E-state index contributed by atoms with van der Waals surface area (Å²) in [6.45, 7) is 0.477. The minimum atomic E-state index is -1.09. The summed E-state index contributed by atoms with van der Waals surface area (Å²) in [6.07, 6.45) is 4.38. The van der Waals surface area contributed by atoms with E-state index < -0.39 is 24.1 Å². The third-order valence-electron chi connectivity index (χ3n) is 2.53. The fourth-order valence-electron chi connectivity index (χ4n) is 1.74. The first-order valence-corrected chi connectivity index (χ1v) is 6.68. The number of carbonyl (C=O) groups excluding carboxylic acids is 1. The van der Waals surface area contributed by atoms with Gasteiger partial charge in [-0.25, -0.2) is 9.59 Å². The van der Waals surface area contributed by atoms with Gasteiger partial charge >= 0.3 is 12.0 Å². The molecule has 7 heteroatoms. The van der Waals surface area contributed by atoms with E-state index in [0.717, 1.165) is 4.90 Å². The monoisotopic (exact) mass is 272 g/mol. The molecule has 18 heavy (non-hydrogen) atoms. The molecule has 1 saturated heterocycles. The average molecular weight is 272 g/mol. The number of aliphatic carboxylic acids is 1. The number of carboxylic acids is 1. The van der Waals surface area contributed by atoms with Crippen molar-refractivity contribution in [1.29, 1.82) is 0 Å². The molecule has 100 valence electrons. The van der Waals surface area contributed by atoms with Gasteiger partial charge in [-0.3, -0.25) is 0 Å². The van der Waals surface area contributed by atoms with Crippen molar-refractivity contribution in [1.82, 2.24) is 10.2 Å².